The number of carboxylic acid groups (broad SMARTS) is 1. The smallest absolute Gasteiger partial charge is 0.338 e. The molecular formula is C14H16O5. The normalized spacial score (nSPS) is 22.8. The molecule has 0 bridgehead atoms. The van der Waals surface area contributed by atoms with Gasteiger partial charge in [0, 0.05) is 13.8 Å². The van der Waals surface area contributed by atoms with Crippen molar-refractivity contribution < 1.29 is 24.2 Å². The highest BCUT2D eigenvalue weighted by molar-refractivity contribution is 5.84. The predicted molar refractivity (Wildman–Crippen MR) is 66.3 cm³/mol. The van der Waals surface area contributed by atoms with E-state index in [4.69, 9.17) is 9.47 Å². The molecule has 1 aliphatic rings. The van der Waals surface area contributed by atoms with Crippen molar-refractivity contribution in [3.05, 3.63) is 35.9 Å². The minimum Gasteiger partial charge on any atom is -0.481 e. The van der Waals surface area contributed by atoms with E-state index >= 15 is 0 Å². The van der Waals surface area contributed by atoms with Crippen LogP contribution in [0.2, 0.25) is 0 Å². The van der Waals surface area contributed by atoms with Gasteiger partial charge >= 0.3 is 11.9 Å². The number of carbonyl (C=O) groups excluding carboxylic acids is 1. The first-order chi connectivity index (χ1) is 8.89. The molecule has 2 atom stereocenters. The number of rotatable bonds is 4. The van der Waals surface area contributed by atoms with Crippen LogP contribution >= 0.6 is 0 Å². The number of cyclic esters (lactones) is 1. The van der Waals surface area contributed by atoms with Crippen LogP contribution in [-0.4, -0.2) is 28.9 Å². The van der Waals surface area contributed by atoms with Crippen LogP contribution in [0.25, 0.3) is 0 Å². The highest BCUT2D eigenvalue weighted by Crippen LogP contribution is 2.29. The summed E-state index contributed by atoms with van der Waals surface area (Å²) in [7, 11) is 0. The molecule has 0 amide bonds. The van der Waals surface area contributed by atoms with E-state index in [0.29, 0.717) is 0 Å². The van der Waals surface area contributed by atoms with E-state index in [1.165, 1.54) is 0 Å². The molecule has 0 spiro atoms. The van der Waals surface area contributed by atoms with Crippen molar-refractivity contribution in [2.75, 3.05) is 0 Å². The molecule has 0 aliphatic carbocycles. The van der Waals surface area contributed by atoms with E-state index < -0.39 is 29.7 Å². The van der Waals surface area contributed by atoms with E-state index in [1.807, 2.05) is 30.3 Å². The summed E-state index contributed by atoms with van der Waals surface area (Å²) in [6.07, 6.45) is -0.834. The van der Waals surface area contributed by atoms with Crippen LogP contribution in [0.3, 0.4) is 0 Å². The van der Waals surface area contributed by atoms with Gasteiger partial charge in [0.05, 0.1) is 5.92 Å². The molecule has 1 aromatic carbocycles. The molecule has 0 aromatic heterocycles. The average Bonchev–Trinajstić information content (AvgIpc) is 2.60. The van der Waals surface area contributed by atoms with E-state index in [1.54, 1.807) is 13.8 Å². The molecule has 0 radical (unpaired) electrons. The number of aliphatic carboxylic acids is 1. The van der Waals surface area contributed by atoms with E-state index in [-0.39, 0.29) is 6.42 Å². The Morgan fingerprint density at radius 1 is 1.37 bits per heavy atom. The fourth-order valence-electron chi connectivity index (χ4n) is 2.12. The van der Waals surface area contributed by atoms with Crippen molar-refractivity contribution in [1.82, 2.24) is 0 Å². The van der Waals surface area contributed by atoms with Crippen LogP contribution < -0.4 is 0 Å². The average molecular weight is 264 g/mol. The largest absolute Gasteiger partial charge is 0.481 e. The number of carboxylic acids is 1. The van der Waals surface area contributed by atoms with Crippen LogP contribution in [0.4, 0.5) is 0 Å². The summed E-state index contributed by atoms with van der Waals surface area (Å²) in [6, 6.07) is 9.14. The third kappa shape index (κ3) is 3.12. The van der Waals surface area contributed by atoms with Crippen molar-refractivity contribution in [3.63, 3.8) is 0 Å². The zero-order chi connectivity index (χ0) is 14.0. The first-order valence-electron chi connectivity index (χ1n) is 6.06. The molecule has 1 fully saturated rings. The van der Waals surface area contributed by atoms with Crippen molar-refractivity contribution in [3.8, 4) is 0 Å². The summed E-state index contributed by atoms with van der Waals surface area (Å²) in [5, 5.41) is 9.30. The monoisotopic (exact) mass is 264 g/mol. The third-order valence-electron chi connectivity index (χ3n) is 2.97. The minimum absolute atomic E-state index is 0.228. The fourth-order valence-corrected chi connectivity index (χ4v) is 2.12. The van der Waals surface area contributed by atoms with Gasteiger partial charge in [0.1, 0.15) is 0 Å². The van der Waals surface area contributed by atoms with Gasteiger partial charge in [-0.2, -0.15) is 0 Å². The molecule has 2 rings (SSSR count). The number of hydrogen-bond acceptors (Lipinski definition) is 4. The molecule has 1 N–H and O–H groups in total. The van der Waals surface area contributed by atoms with Crippen molar-refractivity contribution in [2.45, 2.75) is 32.2 Å². The topological polar surface area (TPSA) is 72.8 Å². The maximum atomic E-state index is 11.7. The van der Waals surface area contributed by atoms with E-state index in [9.17, 15) is 14.7 Å². The molecule has 0 saturated carbocycles. The number of benzene rings is 1. The number of hydrogen-bond donors (Lipinski definition) is 1. The SMILES string of the molecule is CC1(C)OC(=O)[C@@H]([C@H](Cc2ccccc2)C(=O)O)O1. The van der Waals surface area contributed by atoms with E-state index in [0.717, 1.165) is 5.56 Å². The zero-order valence-electron chi connectivity index (χ0n) is 10.8. The summed E-state index contributed by atoms with van der Waals surface area (Å²) in [5.41, 5.74) is 0.844. The molecule has 1 heterocycles. The molecule has 5 heteroatoms. The quantitative estimate of drug-likeness (QED) is 0.836. The van der Waals surface area contributed by atoms with Gasteiger partial charge in [-0.3, -0.25) is 4.79 Å². The highest BCUT2D eigenvalue weighted by Gasteiger charge is 2.47. The lowest BCUT2D eigenvalue weighted by Crippen LogP contribution is -2.35. The van der Waals surface area contributed by atoms with Crippen molar-refractivity contribution >= 4 is 11.9 Å². The Hall–Kier alpha value is -1.88. The van der Waals surface area contributed by atoms with Crippen molar-refractivity contribution in [2.24, 2.45) is 5.92 Å². The van der Waals surface area contributed by atoms with Gasteiger partial charge in [0.15, 0.2) is 6.10 Å². The second kappa shape index (κ2) is 5.01. The summed E-state index contributed by atoms with van der Waals surface area (Å²) >= 11 is 0. The summed E-state index contributed by atoms with van der Waals surface area (Å²) in [6.45, 7) is 3.18. The van der Waals surface area contributed by atoms with Crippen LogP contribution in [0.15, 0.2) is 30.3 Å². The van der Waals surface area contributed by atoms with Crippen LogP contribution in [0.5, 0.6) is 0 Å². The van der Waals surface area contributed by atoms with Gasteiger partial charge in [0.2, 0.25) is 5.79 Å². The van der Waals surface area contributed by atoms with Crippen LogP contribution in [0.1, 0.15) is 19.4 Å². The fraction of sp³-hybridized carbons (Fsp3) is 0.429. The molecule has 5 nitrogen and oxygen atoms in total. The van der Waals surface area contributed by atoms with Gasteiger partial charge in [0.25, 0.3) is 0 Å². The summed E-state index contributed by atoms with van der Waals surface area (Å²) < 4.78 is 10.4. The number of ether oxygens (including phenoxy) is 2. The Labute approximate surface area is 111 Å². The lowest BCUT2D eigenvalue weighted by molar-refractivity contribution is -0.163. The van der Waals surface area contributed by atoms with Crippen LogP contribution in [-0.2, 0) is 25.5 Å². The van der Waals surface area contributed by atoms with E-state index in [2.05, 4.69) is 0 Å². The minimum atomic E-state index is -1.07. The van der Waals surface area contributed by atoms with Crippen molar-refractivity contribution in [1.29, 1.82) is 0 Å². The maximum absolute atomic E-state index is 11.7. The first-order valence-corrected chi connectivity index (χ1v) is 6.06. The second-order valence-corrected chi connectivity index (χ2v) is 4.99. The summed E-state index contributed by atoms with van der Waals surface area (Å²) in [5.74, 6) is -3.69. The van der Waals surface area contributed by atoms with Gasteiger partial charge in [-0.15, -0.1) is 0 Å². The molecule has 102 valence electrons. The Morgan fingerprint density at radius 2 is 2.00 bits per heavy atom. The third-order valence-corrected chi connectivity index (χ3v) is 2.97. The standard InChI is InChI=1S/C14H16O5/c1-14(2)18-11(13(17)19-14)10(12(15)16)8-9-6-4-3-5-7-9/h3-7,10-11H,8H2,1-2H3,(H,15,16)/t10-,11+/m0/s1. The lowest BCUT2D eigenvalue weighted by atomic mass is 9.94. The van der Waals surface area contributed by atoms with Gasteiger partial charge in [-0.25, -0.2) is 4.79 Å². The van der Waals surface area contributed by atoms with Gasteiger partial charge in [-0.1, -0.05) is 30.3 Å². The Balaban J connectivity index is 2.18. The number of esters is 1. The Bertz CT molecular complexity index is 480. The second-order valence-electron chi connectivity index (χ2n) is 4.99. The maximum Gasteiger partial charge on any atom is 0.338 e. The Morgan fingerprint density at radius 3 is 2.47 bits per heavy atom. The zero-order valence-corrected chi connectivity index (χ0v) is 10.8. The molecule has 1 aromatic rings. The summed E-state index contributed by atoms with van der Waals surface area (Å²) in [4.78, 5) is 23.1. The highest BCUT2D eigenvalue weighted by atomic mass is 16.8. The lowest BCUT2D eigenvalue weighted by Gasteiger charge is -2.19. The van der Waals surface area contributed by atoms with Gasteiger partial charge < -0.3 is 14.6 Å². The number of carbonyl (C=O) groups is 2. The predicted octanol–water partition coefficient (Wildman–Crippen LogP) is 1.61. The molecule has 0 unspecified atom stereocenters. The first kappa shape index (κ1) is 13.5. The molecule has 1 aliphatic heterocycles. The van der Waals surface area contributed by atoms with Crippen LogP contribution in [0, 0.1) is 5.92 Å². The molecule has 19 heavy (non-hydrogen) atoms. The molecular weight excluding hydrogens is 248 g/mol. The van der Waals surface area contributed by atoms with Gasteiger partial charge in [-0.05, 0) is 12.0 Å². The molecule has 1 saturated heterocycles. The Kier molecular flexibility index (Phi) is 3.57.